The van der Waals surface area contributed by atoms with Crippen LogP contribution in [0.1, 0.15) is 58.3 Å². The van der Waals surface area contributed by atoms with Crippen molar-refractivity contribution < 1.29 is 33.7 Å². The number of aromatic nitrogens is 1. The van der Waals surface area contributed by atoms with Crippen LogP contribution in [0.15, 0.2) is 29.8 Å². The molecule has 238 valence electrons. The SMILES string of the molecule is CCOCCOCCOCC(=O)N[C@H](C(=O)N1C[C@H](O)C[C@H]1C(=O)N[C@@H](C)c1ccc(-c2scnc2C)cc1)C(C)(C)C. The van der Waals surface area contributed by atoms with E-state index in [1.165, 1.54) is 4.90 Å². The summed E-state index contributed by atoms with van der Waals surface area (Å²) in [4.78, 5) is 46.7. The molecule has 1 fully saturated rings. The fourth-order valence-electron chi connectivity index (χ4n) is 4.87. The van der Waals surface area contributed by atoms with Crippen molar-refractivity contribution >= 4 is 29.1 Å². The van der Waals surface area contributed by atoms with Crippen molar-refractivity contribution in [2.24, 2.45) is 5.41 Å². The molecule has 1 saturated heterocycles. The second-order valence-corrected chi connectivity index (χ2v) is 12.6. The molecule has 3 amide bonds. The Hall–Kier alpha value is -2.90. The third kappa shape index (κ3) is 10.1. The molecule has 0 aliphatic carbocycles. The first kappa shape index (κ1) is 34.6. The van der Waals surface area contributed by atoms with Crippen LogP contribution in [0.3, 0.4) is 0 Å². The third-order valence-electron chi connectivity index (χ3n) is 7.24. The van der Waals surface area contributed by atoms with Crippen LogP contribution in [0, 0.1) is 12.3 Å². The summed E-state index contributed by atoms with van der Waals surface area (Å²) in [6.45, 7) is 13.1. The number of ether oxygens (including phenoxy) is 3. The maximum absolute atomic E-state index is 13.8. The topological polar surface area (TPSA) is 139 Å². The molecular formula is C31H46N4O7S. The van der Waals surface area contributed by atoms with E-state index in [1.807, 2.05) is 71.3 Å². The largest absolute Gasteiger partial charge is 0.391 e. The highest BCUT2D eigenvalue weighted by Gasteiger charge is 2.44. The first-order chi connectivity index (χ1) is 20.4. The van der Waals surface area contributed by atoms with Gasteiger partial charge in [-0.3, -0.25) is 14.4 Å². The van der Waals surface area contributed by atoms with Crippen molar-refractivity contribution in [3.8, 4) is 10.4 Å². The van der Waals surface area contributed by atoms with Gasteiger partial charge in [0.1, 0.15) is 18.7 Å². The van der Waals surface area contributed by atoms with Gasteiger partial charge >= 0.3 is 0 Å². The minimum atomic E-state index is -0.924. The molecule has 0 unspecified atom stereocenters. The molecular weight excluding hydrogens is 572 g/mol. The van der Waals surface area contributed by atoms with Crippen LogP contribution in [-0.2, 0) is 28.6 Å². The summed E-state index contributed by atoms with van der Waals surface area (Å²) in [5.74, 6) is -1.23. The highest BCUT2D eigenvalue weighted by Crippen LogP contribution is 2.29. The third-order valence-corrected chi connectivity index (χ3v) is 8.22. The summed E-state index contributed by atoms with van der Waals surface area (Å²) >= 11 is 1.58. The average Bonchev–Trinajstić information content (AvgIpc) is 3.57. The highest BCUT2D eigenvalue weighted by molar-refractivity contribution is 7.13. The lowest BCUT2D eigenvalue weighted by molar-refractivity contribution is -0.144. The van der Waals surface area contributed by atoms with Gasteiger partial charge in [0.25, 0.3) is 0 Å². The van der Waals surface area contributed by atoms with E-state index in [1.54, 1.807) is 11.3 Å². The number of carbonyl (C=O) groups is 3. The zero-order valence-corrected chi connectivity index (χ0v) is 26.9. The Labute approximate surface area is 258 Å². The van der Waals surface area contributed by atoms with Crippen molar-refractivity contribution in [3.63, 3.8) is 0 Å². The quantitative estimate of drug-likeness (QED) is 0.259. The van der Waals surface area contributed by atoms with Gasteiger partial charge in [0, 0.05) is 19.6 Å². The fraction of sp³-hybridized carbons (Fsp3) is 0.613. The van der Waals surface area contributed by atoms with E-state index >= 15 is 0 Å². The van der Waals surface area contributed by atoms with Crippen LogP contribution in [0.5, 0.6) is 0 Å². The minimum Gasteiger partial charge on any atom is -0.391 e. The summed E-state index contributed by atoms with van der Waals surface area (Å²) < 4.78 is 16.0. The molecule has 0 saturated carbocycles. The van der Waals surface area contributed by atoms with E-state index in [-0.39, 0.29) is 38.1 Å². The number of nitrogens with zero attached hydrogens (tertiary/aromatic N) is 2. The monoisotopic (exact) mass is 618 g/mol. The number of amides is 3. The molecule has 0 spiro atoms. The number of aliphatic hydroxyl groups excluding tert-OH is 1. The summed E-state index contributed by atoms with van der Waals surface area (Å²) in [6.07, 6.45) is -0.732. The Balaban J connectivity index is 1.58. The number of nitrogens with one attached hydrogen (secondary N) is 2. The molecule has 1 aliphatic rings. The smallest absolute Gasteiger partial charge is 0.246 e. The van der Waals surface area contributed by atoms with Gasteiger partial charge in [0.15, 0.2) is 0 Å². The molecule has 2 aromatic rings. The van der Waals surface area contributed by atoms with Gasteiger partial charge in [-0.05, 0) is 37.3 Å². The van der Waals surface area contributed by atoms with Crippen molar-refractivity contribution in [2.45, 2.75) is 72.2 Å². The molecule has 1 aromatic heterocycles. The van der Waals surface area contributed by atoms with Crippen LogP contribution in [-0.4, -0.2) is 97.1 Å². The Morgan fingerprint density at radius 2 is 1.72 bits per heavy atom. The molecule has 12 heteroatoms. The number of aryl methyl sites for hydroxylation is 1. The minimum absolute atomic E-state index is 0.00618. The van der Waals surface area contributed by atoms with Gasteiger partial charge in [-0.25, -0.2) is 4.98 Å². The lowest BCUT2D eigenvalue weighted by Crippen LogP contribution is -2.58. The van der Waals surface area contributed by atoms with E-state index in [9.17, 15) is 19.5 Å². The molecule has 3 N–H and O–H groups in total. The molecule has 1 aromatic carbocycles. The Morgan fingerprint density at radius 1 is 1.07 bits per heavy atom. The van der Waals surface area contributed by atoms with Crippen molar-refractivity contribution in [1.82, 2.24) is 20.5 Å². The molecule has 2 heterocycles. The summed E-state index contributed by atoms with van der Waals surface area (Å²) in [7, 11) is 0. The maximum Gasteiger partial charge on any atom is 0.246 e. The average molecular weight is 619 g/mol. The molecule has 1 aliphatic heterocycles. The molecule has 0 radical (unpaired) electrons. The summed E-state index contributed by atoms with van der Waals surface area (Å²) in [6, 6.07) is 5.82. The molecule has 43 heavy (non-hydrogen) atoms. The van der Waals surface area contributed by atoms with Gasteiger partial charge in [-0.2, -0.15) is 0 Å². The van der Waals surface area contributed by atoms with Crippen LogP contribution in [0.4, 0.5) is 0 Å². The highest BCUT2D eigenvalue weighted by atomic mass is 32.1. The van der Waals surface area contributed by atoms with E-state index in [4.69, 9.17) is 14.2 Å². The van der Waals surface area contributed by atoms with Crippen LogP contribution in [0.25, 0.3) is 10.4 Å². The zero-order chi connectivity index (χ0) is 31.6. The second-order valence-electron chi connectivity index (χ2n) is 11.7. The standard InChI is InChI=1S/C31H46N4O7S/c1-7-40-12-13-41-14-15-42-18-26(37)34-28(31(4,5)6)30(39)35-17-24(36)16-25(35)29(38)33-20(2)22-8-10-23(11-9-22)27-21(3)32-19-43-27/h8-11,19-20,24-25,28,36H,7,12-18H2,1-6H3,(H,33,38)(H,34,37)/t20-,24+,25-,28+/m0/s1. The predicted molar refractivity (Wildman–Crippen MR) is 164 cm³/mol. The number of carbonyl (C=O) groups excluding carboxylic acids is 3. The number of likely N-dealkylation sites (tertiary alicyclic amines) is 1. The Morgan fingerprint density at radius 3 is 2.33 bits per heavy atom. The number of hydrogen-bond acceptors (Lipinski definition) is 9. The first-order valence-electron chi connectivity index (χ1n) is 14.7. The van der Waals surface area contributed by atoms with Crippen LogP contribution < -0.4 is 10.6 Å². The fourth-order valence-corrected chi connectivity index (χ4v) is 5.68. The van der Waals surface area contributed by atoms with Gasteiger partial charge in [0.05, 0.1) is 54.7 Å². The normalized spacial score (nSPS) is 18.3. The number of benzene rings is 1. The predicted octanol–water partition coefficient (Wildman–Crippen LogP) is 2.86. The Bertz CT molecular complexity index is 1200. The number of hydrogen-bond donors (Lipinski definition) is 3. The van der Waals surface area contributed by atoms with Gasteiger partial charge in [-0.1, -0.05) is 45.0 Å². The molecule has 0 bridgehead atoms. The summed E-state index contributed by atoms with van der Waals surface area (Å²) in [5.41, 5.74) is 4.10. The van der Waals surface area contributed by atoms with Gasteiger partial charge in [0.2, 0.25) is 17.7 Å². The Kier molecular flexibility index (Phi) is 13.1. The molecule has 11 nitrogen and oxygen atoms in total. The molecule has 4 atom stereocenters. The number of rotatable bonds is 15. The van der Waals surface area contributed by atoms with Crippen molar-refractivity contribution in [1.29, 1.82) is 0 Å². The van der Waals surface area contributed by atoms with Gasteiger partial charge in [-0.15, -0.1) is 11.3 Å². The lowest BCUT2D eigenvalue weighted by Gasteiger charge is -2.35. The van der Waals surface area contributed by atoms with Crippen molar-refractivity contribution in [2.75, 3.05) is 46.2 Å². The summed E-state index contributed by atoms with van der Waals surface area (Å²) in [5, 5.41) is 16.2. The van der Waals surface area contributed by atoms with Crippen molar-refractivity contribution in [3.05, 3.63) is 41.0 Å². The maximum atomic E-state index is 13.8. The van der Waals surface area contributed by atoms with E-state index < -0.39 is 35.4 Å². The second kappa shape index (κ2) is 16.2. The first-order valence-corrected chi connectivity index (χ1v) is 15.6. The van der Waals surface area contributed by atoms with Crippen LogP contribution >= 0.6 is 11.3 Å². The van der Waals surface area contributed by atoms with E-state index in [0.29, 0.717) is 26.4 Å². The number of thiazole rings is 1. The van der Waals surface area contributed by atoms with E-state index in [0.717, 1.165) is 21.7 Å². The molecule has 3 rings (SSSR count). The zero-order valence-electron chi connectivity index (χ0n) is 26.1. The van der Waals surface area contributed by atoms with Crippen LogP contribution in [0.2, 0.25) is 0 Å². The van der Waals surface area contributed by atoms with E-state index in [2.05, 4.69) is 15.6 Å². The van der Waals surface area contributed by atoms with Gasteiger partial charge < -0.3 is 34.9 Å². The lowest BCUT2D eigenvalue weighted by atomic mass is 9.85. The number of aliphatic hydroxyl groups is 1. The number of β-amino-alcohol motifs (C(OH)–C–C–N with tert-alkyl or cyclic N) is 1.